The number of benzene rings is 2. The molecule has 38 heavy (non-hydrogen) atoms. The molecule has 0 N–H and O–H groups in total. The molecule has 2 aromatic heterocycles. The van der Waals surface area contributed by atoms with Gasteiger partial charge in [0, 0.05) is 17.5 Å². The normalized spacial score (nSPS) is 14.2. The van der Waals surface area contributed by atoms with Crippen molar-refractivity contribution in [1.82, 2.24) is 15.2 Å². The van der Waals surface area contributed by atoms with E-state index in [4.69, 9.17) is 13.9 Å². The Morgan fingerprint density at radius 2 is 1.82 bits per heavy atom. The Balaban J connectivity index is 1.58. The number of carbonyl (C=O) groups excluding carboxylic acids is 2. The number of para-hydroxylation sites is 1. The van der Waals surface area contributed by atoms with Crippen LogP contribution in [-0.2, 0) is 9.53 Å². The van der Waals surface area contributed by atoms with Crippen LogP contribution in [0, 0.1) is 0 Å². The monoisotopic (exact) mass is 530 g/mol. The van der Waals surface area contributed by atoms with Crippen molar-refractivity contribution in [2.24, 2.45) is 0 Å². The Labute approximate surface area is 224 Å². The van der Waals surface area contributed by atoms with Gasteiger partial charge in [0.05, 0.1) is 17.9 Å². The van der Waals surface area contributed by atoms with Crippen molar-refractivity contribution in [1.29, 1.82) is 0 Å². The largest absolute Gasteiger partial charge is 0.462 e. The van der Waals surface area contributed by atoms with Crippen LogP contribution in [0.25, 0.3) is 22.6 Å². The van der Waals surface area contributed by atoms with Gasteiger partial charge >= 0.3 is 5.97 Å². The maximum atomic E-state index is 13.5. The van der Waals surface area contributed by atoms with E-state index in [0.717, 1.165) is 5.56 Å². The molecule has 0 unspecified atom stereocenters. The van der Waals surface area contributed by atoms with Gasteiger partial charge in [0.25, 0.3) is 0 Å². The van der Waals surface area contributed by atoms with E-state index >= 15 is 0 Å². The van der Waals surface area contributed by atoms with Crippen molar-refractivity contribution in [2.45, 2.75) is 38.1 Å². The zero-order valence-electron chi connectivity index (χ0n) is 21.2. The number of thioether (sulfide) groups is 1. The van der Waals surface area contributed by atoms with Crippen LogP contribution in [0.3, 0.4) is 0 Å². The topological polar surface area (TPSA) is 108 Å². The first-order valence-corrected chi connectivity index (χ1v) is 13.5. The quantitative estimate of drug-likeness (QED) is 0.212. The van der Waals surface area contributed by atoms with Gasteiger partial charge in [-0.15, -0.1) is 10.2 Å². The van der Waals surface area contributed by atoms with Gasteiger partial charge < -0.3 is 13.9 Å². The molecule has 3 heterocycles. The van der Waals surface area contributed by atoms with E-state index in [2.05, 4.69) is 15.2 Å². The summed E-state index contributed by atoms with van der Waals surface area (Å²) >= 11 is 1.35. The van der Waals surface area contributed by atoms with Gasteiger partial charge in [0.1, 0.15) is 5.76 Å². The predicted octanol–water partition coefficient (Wildman–Crippen LogP) is 5.92. The molecule has 2 aromatic carbocycles. The molecular formula is C28H26N4O5S. The van der Waals surface area contributed by atoms with Gasteiger partial charge in [-0.2, -0.15) is 4.98 Å². The number of carbonyl (C=O) groups is 2. The summed E-state index contributed by atoms with van der Waals surface area (Å²) < 4.78 is 17.7. The van der Waals surface area contributed by atoms with Crippen LogP contribution in [0.1, 0.15) is 49.0 Å². The molecule has 1 aliphatic heterocycles. The van der Waals surface area contributed by atoms with Crippen LogP contribution in [0.4, 0.5) is 5.69 Å². The summed E-state index contributed by atoms with van der Waals surface area (Å²) in [7, 11) is 0. The second-order valence-electron chi connectivity index (χ2n) is 8.45. The molecule has 0 saturated carbocycles. The molecule has 194 valence electrons. The summed E-state index contributed by atoms with van der Waals surface area (Å²) in [6.07, 6.45) is 1.93. The van der Waals surface area contributed by atoms with Gasteiger partial charge in [0.15, 0.2) is 11.5 Å². The number of aromatic nitrogens is 3. The number of rotatable bonds is 7. The molecule has 0 aliphatic carbocycles. The van der Waals surface area contributed by atoms with Crippen molar-refractivity contribution in [3.63, 3.8) is 0 Å². The minimum atomic E-state index is -0.921. The fourth-order valence-electron chi connectivity index (χ4n) is 4.21. The standard InChI is InChI=1S/C28H26N4O5S/c1-4-8-23(33)32-20-10-7-6-9-19(20)24-25(29-28(38-3)31-30-24)37-26(32)22-16-15-21(36-22)17-11-13-18(14-12-17)27(34)35-5-2/h6-7,9-16,26H,4-5,8H2,1-3H3/t26-/m1/s1. The number of esters is 1. The number of hydrogen-bond donors (Lipinski definition) is 0. The maximum absolute atomic E-state index is 13.5. The second-order valence-corrected chi connectivity index (χ2v) is 9.23. The summed E-state index contributed by atoms with van der Waals surface area (Å²) in [6.45, 7) is 4.03. The average Bonchev–Trinajstić information content (AvgIpc) is 3.38. The Morgan fingerprint density at radius 3 is 2.55 bits per heavy atom. The number of anilines is 1. The number of nitrogens with zero attached hydrogens (tertiary/aromatic N) is 4. The molecule has 1 amide bonds. The van der Waals surface area contributed by atoms with Crippen molar-refractivity contribution in [3.8, 4) is 28.5 Å². The lowest BCUT2D eigenvalue weighted by molar-refractivity contribution is -0.120. The summed E-state index contributed by atoms with van der Waals surface area (Å²) in [5.74, 6) is 0.753. The number of hydrogen-bond acceptors (Lipinski definition) is 9. The highest BCUT2D eigenvalue weighted by Crippen LogP contribution is 2.44. The first-order chi connectivity index (χ1) is 18.5. The molecule has 9 nitrogen and oxygen atoms in total. The zero-order chi connectivity index (χ0) is 26.6. The van der Waals surface area contributed by atoms with Crippen LogP contribution < -0.4 is 9.64 Å². The highest BCUT2D eigenvalue weighted by Gasteiger charge is 2.37. The third-order valence-electron chi connectivity index (χ3n) is 5.98. The van der Waals surface area contributed by atoms with Gasteiger partial charge in [-0.1, -0.05) is 49.0 Å². The lowest BCUT2D eigenvalue weighted by Crippen LogP contribution is -2.37. The Kier molecular flexibility index (Phi) is 7.41. The van der Waals surface area contributed by atoms with Gasteiger partial charge in [-0.3, -0.25) is 9.69 Å². The third-order valence-corrected chi connectivity index (χ3v) is 6.52. The second kappa shape index (κ2) is 11.1. The molecule has 1 atom stereocenters. The lowest BCUT2D eigenvalue weighted by Gasteiger charge is -2.29. The molecule has 5 rings (SSSR count). The van der Waals surface area contributed by atoms with Gasteiger partial charge in [-0.05, 0) is 49.9 Å². The van der Waals surface area contributed by atoms with Crippen LogP contribution in [0.5, 0.6) is 5.88 Å². The lowest BCUT2D eigenvalue weighted by atomic mass is 10.1. The molecule has 0 radical (unpaired) electrons. The van der Waals surface area contributed by atoms with Crippen molar-refractivity contribution in [2.75, 3.05) is 17.8 Å². The van der Waals surface area contributed by atoms with E-state index in [1.165, 1.54) is 11.8 Å². The highest BCUT2D eigenvalue weighted by atomic mass is 32.2. The third kappa shape index (κ3) is 4.87. The van der Waals surface area contributed by atoms with E-state index in [1.54, 1.807) is 42.2 Å². The number of ether oxygens (including phenoxy) is 2. The van der Waals surface area contributed by atoms with Crippen molar-refractivity contribution >= 4 is 29.3 Å². The first kappa shape index (κ1) is 25.5. The molecule has 0 fully saturated rings. The zero-order valence-corrected chi connectivity index (χ0v) is 22.0. The molecule has 0 spiro atoms. The van der Waals surface area contributed by atoms with Crippen LogP contribution in [0.2, 0.25) is 0 Å². The Morgan fingerprint density at radius 1 is 1.03 bits per heavy atom. The van der Waals surface area contributed by atoms with Crippen LogP contribution >= 0.6 is 11.8 Å². The maximum Gasteiger partial charge on any atom is 0.338 e. The summed E-state index contributed by atoms with van der Waals surface area (Å²) in [4.78, 5) is 31.7. The predicted molar refractivity (Wildman–Crippen MR) is 143 cm³/mol. The minimum absolute atomic E-state index is 0.118. The molecule has 10 heteroatoms. The van der Waals surface area contributed by atoms with Crippen LogP contribution in [0.15, 0.2) is 70.2 Å². The fraction of sp³-hybridized carbons (Fsp3) is 0.250. The number of furan rings is 1. The van der Waals surface area contributed by atoms with Crippen molar-refractivity contribution in [3.05, 3.63) is 72.0 Å². The molecular weight excluding hydrogens is 504 g/mol. The molecule has 1 aliphatic rings. The van der Waals surface area contributed by atoms with E-state index < -0.39 is 6.23 Å². The van der Waals surface area contributed by atoms with Crippen LogP contribution in [-0.4, -0.2) is 39.9 Å². The highest BCUT2D eigenvalue weighted by molar-refractivity contribution is 7.98. The summed E-state index contributed by atoms with van der Waals surface area (Å²) in [6, 6.07) is 18.0. The van der Waals surface area contributed by atoms with E-state index in [0.29, 0.717) is 58.6 Å². The Bertz CT molecular complexity index is 1470. The minimum Gasteiger partial charge on any atom is -0.462 e. The van der Waals surface area contributed by atoms with Gasteiger partial charge in [0.2, 0.25) is 23.2 Å². The van der Waals surface area contributed by atoms with E-state index in [9.17, 15) is 9.59 Å². The fourth-order valence-corrected chi connectivity index (χ4v) is 4.51. The number of amides is 1. The van der Waals surface area contributed by atoms with Gasteiger partial charge in [-0.25, -0.2) is 4.79 Å². The molecule has 0 saturated heterocycles. The van der Waals surface area contributed by atoms with E-state index in [-0.39, 0.29) is 17.8 Å². The Hall–Kier alpha value is -4.18. The van der Waals surface area contributed by atoms with Crippen molar-refractivity contribution < 1.29 is 23.5 Å². The molecule has 4 aromatic rings. The first-order valence-electron chi connectivity index (χ1n) is 12.3. The summed E-state index contributed by atoms with van der Waals surface area (Å²) in [5.41, 5.74) is 3.01. The number of fused-ring (bicyclic) bond motifs is 3. The molecule has 0 bridgehead atoms. The summed E-state index contributed by atoms with van der Waals surface area (Å²) in [5, 5.41) is 9.03. The average molecular weight is 531 g/mol. The smallest absolute Gasteiger partial charge is 0.338 e. The SMILES string of the molecule is CCCC(=O)N1c2ccccc2-c2nnc(SC)nc2O[C@@H]1c1ccc(-c2ccc(C(=O)OCC)cc2)o1. The van der Waals surface area contributed by atoms with E-state index in [1.807, 2.05) is 43.5 Å².